The van der Waals surface area contributed by atoms with Gasteiger partial charge in [-0.3, -0.25) is 4.98 Å². The second kappa shape index (κ2) is 9.07. The van der Waals surface area contributed by atoms with E-state index in [1.807, 2.05) is 30.5 Å². The van der Waals surface area contributed by atoms with Crippen molar-refractivity contribution < 1.29 is 13.2 Å². The molecule has 5 aromatic carbocycles. The lowest BCUT2D eigenvalue weighted by Crippen LogP contribution is -2.03. The van der Waals surface area contributed by atoms with E-state index in [-0.39, 0.29) is 0 Å². The number of nitrogens with zero attached hydrogens (tertiary/aromatic N) is 1. The average Bonchev–Trinajstić information content (AvgIpc) is 3.35. The third-order valence-corrected chi connectivity index (χ3v) is 8.38. The number of aromatic nitrogens is 1. The standard InChI is InChI=1S/C34H20F3NS/c35-34(36,37)27-15-12-21(13-16-27)22-8-9-24-19-25(11-10-23(24)18-22)26-14-17-31(38-20-26)30-6-3-5-29-28-4-1-2-7-32(28)39-33(29)30/h1-20H. The Morgan fingerprint density at radius 1 is 0.564 bits per heavy atom. The molecule has 1 nitrogen and oxygen atoms in total. The van der Waals surface area contributed by atoms with Gasteiger partial charge in [-0.25, -0.2) is 0 Å². The first-order chi connectivity index (χ1) is 18.9. The lowest BCUT2D eigenvalue weighted by molar-refractivity contribution is -0.137. The molecule has 0 fully saturated rings. The van der Waals surface area contributed by atoms with Gasteiger partial charge in [0.25, 0.3) is 0 Å². The Kier molecular flexibility index (Phi) is 5.49. The van der Waals surface area contributed by atoms with E-state index in [4.69, 9.17) is 4.98 Å². The van der Waals surface area contributed by atoms with Gasteiger partial charge in [0.2, 0.25) is 0 Å². The summed E-state index contributed by atoms with van der Waals surface area (Å²) in [4.78, 5) is 4.83. The van der Waals surface area contributed by atoms with Gasteiger partial charge < -0.3 is 0 Å². The van der Waals surface area contributed by atoms with Crippen molar-refractivity contribution in [2.75, 3.05) is 0 Å². The Hall–Kier alpha value is -4.48. The van der Waals surface area contributed by atoms with E-state index in [1.165, 1.54) is 32.3 Å². The fraction of sp³-hybridized carbons (Fsp3) is 0.0294. The summed E-state index contributed by atoms with van der Waals surface area (Å²) in [6.45, 7) is 0. The molecule has 0 aliphatic carbocycles. The first kappa shape index (κ1) is 23.6. The number of hydrogen-bond donors (Lipinski definition) is 0. The normalized spacial score (nSPS) is 12.0. The molecule has 0 radical (unpaired) electrons. The van der Waals surface area contributed by atoms with Gasteiger partial charge >= 0.3 is 6.18 Å². The number of fused-ring (bicyclic) bond motifs is 4. The monoisotopic (exact) mass is 531 g/mol. The van der Waals surface area contributed by atoms with Crippen LogP contribution in [0.1, 0.15) is 5.56 Å². The number of alkyl halides is 3. The first-order valence-corrected chi connectivity index (χ1v) is 13.3. The molecule has 0 saturated carbocycles. The lowest BCUT2D eigenvalue weighted by atomic mass is 9.97. The molecule has 0 unspecified atom stereocenters. The second-order valence-electron chi connectivity index (χ2n) is 9.56. The quantitative estimate of drug-likeness (QED) is 0.221. The van der Waals surface area contributed by atoms with Crippen molar-refractivity contribution in [2.45, 2.75) is 6.18 Å². The van der Waals surface area contributed by atoms with Crippen LogP contribution < -0.4 is 0 Å². The highest BCUT2D eigenvalue weighted by atomic mass is 32.1. The van der Waals surface area contributed by atoms with Crippen LogP contribution in [0, 0.1) is 0 Å². The topological polar surface area (TPSA) is 12.9 Å². The van der Waals surface area contributed by atoms with Crippen LogP contribution in [0.2, 0.25) is 0 Å². The minimum absolute atomic E-state index is 0.642. The molecule has 2 aromatic heterocycles. The van der Waals surface area contributed by atoms with E-state index < -0.39 is 11.7 Å². The summed E-state index contributed by atoms with van der Waals surface area (Å²) >= 11 is 1.80. The van der Waals surface area contributed by atoms with E-state index in [2.05, 4.69) is 66.7 Å². The summed E-state index contributed by atoms with van der Waals surface area (Å²) in [5.41, 5.74) is 5.15. The molecule has 5 heteroatoms. The molecule has 0 N–H and O–H groups in total. The molecular weight excluding hydrogens is 511 g/mol. The molecule has 0 aliphatic heterocycles. The van der Waals surface area contributed by atoms with Gasteiger partial charge in [0.1, 0.15) is 0 Å². The summed E-state index contributed by atoms with van der Waals surface area (Å²) in [5, 5.41) is 4.61. The molecule has 0 bridgehead atoms. The second-order valence-corrected chi connectivity index (χ2v) is 10.6. The molecule has 0 amide bonds. The summed E-state index contributed by atoms with van der Waals surface area (Å²) in [6.07, 6.45) is -2.42. The molecule has 0 atom stereocenters. The van der Waals surface area contributed by atoms with Gasteiger partial charge in [-0.1, -0.05) is 78.9 Å². The van der Waals surface area contributed by atoms with Crippen molar-refractivity contribution in [3.05, 3.63) is 127 Å². The molecule has 0 spiro atoms. The van der Waals surface area contributed by atoms with Crippen molar-refractivity contribution in [3.63, 3.8) is 0 Å². The molecule has 7 rings (SSSR count). The molecule has 0 aliphatic rings. The van der Waals surface area contributed by atoms with E-state index in [1.54, 1.807) is 11.3 Å². The van der Waals surface area contributed by atoms with E-state index >= 15 is 0 Å². The van der Waals surface area contributed by atoms with Crippen LogP contribution in [0.25, 0.3) is 64.5 Å². The lowest BCUT2D eigenvalue weighted by Gasteiger charge is -2.10. The average molecular weight is 532 g/mol. The van der Waals surface area contributed by atoms with Gasteiger partial charge in [-0.15, -0.1) is 11.3 Å². The number of pyridine rings is 1. The van der Waals surface area contributed by atoms with Gasteiger partial charge in [-0.05, 0) is 63.9 Å². The van der Waals surface area contributed by atoms with E-state index in [9.17, 15) is 13.2 Å². The zero-order valence-electron chi connectivity index (χ0n) is 20.5. The van der Waals surface area contributed by atoms with E-state index in [0.717, 1.165) is 56.4 Å². The molecule has 2 heterocycles. The van der Waals surface area contributed by atoms with Crippen molar-refractivity contribution in [1.82, 2.24) is 4.98 Å². The maximum Gasteiger partial charge on any atom is 0.416 e. The fourth-order valence-corrected chi connectivity index (χ4v) is 6.35. The number of thiophene rings is 1. The first-order valence-electron chi connectivity index (χ1n) is 12.5. The Morgan fingerprint density at radius 3 is 1.90 bits per heavy atom. The molecule has 188 valence electrons. The van der Waals surface area contributed by atoms with Gasteiger partial charge in [0, 0.05) is 37.5 Å². The molecule has 0 saturated heterocycles. The minimum Gasteiger partial charge on any atom is -0.256 e. The fourth-order valence-electron chi connectivity index (χ4n) is 5.13. The van der Waals surface area contributed by atoms with E-state index in [0.29, 0.717) is 0 Å². The maximum atomic E-state index is 12.9. The highest BCUT2D eigenvalue weighted by Gasteiger charge is 2.30. The number of rotatable bonds is 3. The predicted octanol–water partition coefficient (Wildman–Crippen LogP) is 10.6. The Bertz CT molecular complexity index is 1990. The minimum atomic E-state index is -4.34. The van der Waals surface area contributed by atoms with Crippen LogP contribution in [0.15, 0.2) is 121 Å². The van der Waals surface area contributed by atoms with Crippen LogP contribution in [-0.4, -0.2) is 4.98 Å². The Labute approximate surface area is 226 Å². The van der Waals surface area contributed by atoms with Crippen LogP contribution in [-0.2, 0) is 6.18 Å². The molecule has 7 aromatic rings. The number of halogens is 3. The molecular formula is C34H20F3NS. The highest BCUT2D eigenvalue weighted by Crippen LogP contribution is 2.39. The number of benzene rings is 5. The van der Waals surface area contributed by atoms with Crippen molar-refractivity contribution in [1.29, 1.82) is 0 Å². The van der Waals surface area contributed by atoms with Gasteiger partial charge in [0.15, 0.2) is 0 Å². The zero-order chi connectivity index (χ0) is 26.6. The van der Waals surface area contributed by atoms with Gasteiger partial charge in [-0.2, -0.15) is 13.2 Å². The largest absolute Gasteiger partial charge is 0.416 e. The Morgan fingerprint density at radius 2 is 1.21 bits per heavy atom. The SMILES string of the molecule is FC(F)(F)c1ccc(-c2ccc3cc(-c4ccc(-c5cccc6c5sc5ccccc56)nc4)ccc3c2)cc1. The smallest absolute Gasteiger partial charge is 0.256 e. The van der Waals surface area contributed by atoms with Crippen molar-refractivity contribution in [3.8, 4) is 33.5 Å². The zero-order valence-corrected chi connectivity index (χ0v) is 21.4. The third-order valence-electron chi connectivity index (χ3n) is 7.16. The summed E-state index contributed by atoms with van der Waals surface area (Å²) < 4.78 is 41.3. The maximum absolute atomic E-state index is 12.9. The number of hydrogen-bond acceptors (Lipinski definition) is 2. The van der Waals surface area contributed by atoms with Gasteiger partial charge in [0.05, 0.1) is 11.3 Å². The van der Waals surface area contributed by atoms with Crippen LogP contribution in [0.5, 0.6) is 0 Å². The van der Waals surface area contributed by atoms with Crippen LogP contribution in [0.3, 0.4) is 0 Å². The molecule has 39 heavy (non-hydrogen) atoms. The highest BCUT2D eigenvalue weighted by molar-refractivity contribution is 7.26. The third kappa shape index (κ3) is 4.25. The summed E-state index contributed by atoms with van der Waals surface area (Å²) in [7, 11) is 0. The van der Waals surface area contributed by atoms with Crippen LogP contribution >= 0.6 is 11.3 Å². The van der Waals surface area contributed by atoms with Crippen molar-refractivity contribution >= 4 is 42.3 Å². The summed E-state index contributed by atoms with van der Waals surface area (Å²) in [6, 6.07) is 36.5. The predicted molar refractivity (Wildman–Crippen MR) is 156 cm³/mol. The Balaban J connectivity index is 1.19. The summed E-state index contributed by atoms with van der Waals surface area (Å²) in [5.74, 6) is 0. The van der Waals surface area contributed by atoms with Crippen LogP contribution in [0.4, 0.5) is 13.2 Å². The van der Waals surface area contributed by atoms with Crippen molar-refractivity contribution in [2.24, 2.45) is 0 Å².